The Morgan fingerprint density at radius 2 is 2.38 bits per heavy atom. The standard InChI is InChI=1S/C5H11NO2/c1-5(2)4(7)3-8-6-5/h4,6-7H,3H2,1-2H3/t4-/m1/s1. The first kappa shape index (κ1) is 6.01. The van der Waals surface area contributed by atoms with Crippen LogP contribution in [-0.4, -0.2) is 23.4 Å². The van der Waals surface area contributed by atoms with Gasteiger partial charge >= 0.3 is 0 Å². The van der Waals surface area contributed by atoms with E-state index < -0.39 is 0 Å². The number of hydrogen-bond acceptors (Lipinski definition) is 3. The second-order valence-electron chi connectivity index (χ2n) is 2.65. The molecule has 0 unspecified atom stereocenters. The predicted octanol–water partition coefficient (Wildman–Crippen LogP) is -0.339. The zero-order valence-electron chi connectivity index (χ0n) is 5.14. The van der Waals surface area contributed by atoms with Crippen molar-refractivity contribution < 1.29 is 9.94 Å². The summed E-state index contributed by atoms with van der Waals surface area (Å²) in [6.07, 6.45) is -0.373. The van der Waals surface area contributed by atoms with Gasteiger partial charge in [-0.3, -0.25) is 4.84 Å². The molecule has 1 fully saturated rings. The molecule has 3 heteroatoms. The highest BCUT2D eigenvalue weighted by Gasteiger charge is 2.33. The number of aliphatic hydroxyl groups is 1. The molecule has 1 aliphatic rings. The van der Waals surface area contributed by atoms with Crippen LogP contribution in [0.25, 0.3) is 0 Å². The summed E-state index contributed by atoms with van der Waals surface area (Å²) in [7, 11) is 0. The summed E-state index contributed by atoms with van der Waals surface area (Å²) in [5.41, 5.74) is 2.43. The Morgan fingerprint density at radius 1 is 1.75 bits per heavy atom. The normalized spacial score (nSPS) is 35.6. The van der Waals surface area contributed by atoms with Crippen LogP contribution < -0.4 is 5.48 Å². The Labute approximate surface area is 48.6 Å². The highest BCUT2D eigenvalue weighted by Crippen LogP contribution is 2.14. The average Bonchev–Trinajstić information content (AvgIpc) is 1.86. The van der Waals surface area contributed by atoms with Crippen LogP contribution in [0.1, 0.15) is 13.8 Å². The predicted molar refractivity (Wildman–Crippen MR) is 29.2 cm³/mol. The topological polar surface area (TPSA) is 41.5 Å². The SMILES string of the molecule is CC1(C)NOC[C@H]1O. The van der Waals surface area contributed by atoms with E-state index >= 15 is 0 Å². The van der Waals surface area contributed by atoms with Crippen LogP contribution in [0.15, 0.2) is 0 Å². The summed E-state index contributed by atoms with van der Waals surface area (Å²) in [4.78, 5) is 4.77. The van der Waals surface area contributed by atoms with Crippen molar-refractivity contribution in [3.8, 4) is 0 Å². The molecule has 0 aliphatic carbocycles. The van der Waals surface area contributed by atoms with E-state index in [1.807, 2.05) is 13.8 Å². The Balaban J connectivity index is 2.54. The third-order valence-corrected chi connectivity index (χ3v) is 1.41. The molecule has 1 saturated heterocycles. The largest absolute Gasteiger partial charge is 0.389 e. The molecule has 48 valence electrons. The van der Waals surface area contributed by atoms with Gasteiger partial charge in [0.15, 0.2) is 0 Å². The fraction of sp³-hybridized carbons (Fsp3) is 1.00. The van der Waals surface area contributed by atoms with Gasteiger partial charge in [-0.25, -0.2) is 0 Å². The molecule has 1 aliphatic heterocycles. The Hall–Kier alpha value is -0.120. The summed E-state index contributed by atoms with van der Waals surface area (Å²) >= 11 is 0. The molecule has 0 aromatic rings. The van der Waals surface area contributed by atoms with Crippen LogP contribution in [0, 0.1) is 0 Å². The van der Waals surface area contributed by atoms with E-state index in [4.69, 9.17) is 9.94 Å². The van der Waals surface area contributed by atoms with E-state index in [2.05, 4.69) is 5.48 Å². The van der Waals surface area contributed by atoms with Crippen molar-refractivity contribution in [1.29, 1.82) is 0 Å². The Kier molecular flexibility index (Phi) is 1.27. The molecule has 0 aromatic heterocycles. The van der Waals surface area contributed by atoms with Gasteiger partial charge < -0.3 is 5.11 Å². The van der Waals surface area contributed by atoms with Gasteiger partial charge in [0, 0.05) is 0 Å². The van der Waals surface area contributed by atoms with E-state index in [-0.39, 0.29) is 11.6 Å². The van der Waals surface area contributed by atoms with Crippen molar-refractivity contribution in [3.05, 3.63) is 0 Å². The molecule has 3 nitrogen and oxygen atoms in total. The zero-order valence-corrected chi connectivity index (χ0v) is 5.14. The average molecular weight is 117 g/mol. The highest BCUT2D eigenvalue weighted by atomic mass is 16.7. The maximum atomic E-state index is 9.07. The zero-order chi connectivity index (χ0) is 6.20. The van der Waals surface area contributed by atoms with Gasteiger partial charge in [0.05, 0.1) is 18.2 Å². The summed E-state index contributed by atoms with van der Waals surface area (Å²) in [6, 6.07) is 0. The van der Waals surface area contributed by atoms with E-state index in [0.717, 1.165) is 0 Å². The second-order valence-corrected chi connectivity index (χ2v) is 2.65. The molecular weight excluding hydrogens is 106 g/mol. The summed E-state index contributed by atoms with van der Waals surface area (Å²) in [5.74, 6) is 0. The van der Waals surface area contributed by atoms with Crippen LogP contribution in [0.3, 0.4) is 0 Å². The first-order valence-corrected chi connectivity index (χ1v) is 2.70. The maximum absolute atomic E-state index is 9.07. The second kappa shape index (κ2) is 1.69. The fourth-order valence-corrected chi connectivity index (χ4v) is 0.583. The number of nitrogens with one attached hydrogen (secondary N) is 1. The Morgan fingerprint density at radius 3 is 2.50 bits per heavy atom. The van der Waals surface area contributed by atoms with Gasteiger partial charge in [-0.1, -0.05) is 0 Å². The van der Waals surface area contributed by atoms with Gasteiger partial charge in [0.1, 0.15) is 0 Å². The third-order valence-electron chi connectivity index (χ3n) is 1.41. The molecule has 0 saturated carbocycles. The minimum atomic E-state index is -0.373. The van der Waals surface area contributed by atoms with Gasteiger partial charge in [0.2, 0.25) is 0 Å². The number of aliphatic hydroxyl groups excluding tert-OH is 1. The molecule has 1 rings (SSSR count). The lowest BCUT2D eigenvalue weighted by molar-refractivity contribution is 0.0696. The molecular formula is C5H11NO2. The molecule has 0 radical (unpaired) electrons. The Bertz CT molecular complexity index is 92.4. The number of hydroxylamine groups is 1. The van der Waals surface area contributed by atoms with Crippen molar-refractivity contribution in [2.24, 2.45) is 0 Å². The first-order chi connectivity index (χ1) is 3.63. The van der Waals surface area contributed by atoms with Crippen molar-refractivity contribution >= 4 is 0 Å². The smallest absolute Gasteiger partial charge is 0.0991 e. The molecule has 8 heavy (non-hydrogen) atoms. The number of hydrogen-bond donors (Lipinski definition) is 2. The summed E-state index contributed by atoms with van der Waals surface area (Å²) in [6.45, 7) is 4.18. The van der Waals surface area contributed by atoms with Crippen molar-refractivity contribution in [1.82, 2.24) is 5.48 Å². The van der Waals surface area contributed by atoms with Gasteiger partial charge in [-0.05, 0) is 13.8 Å². The van der Waals surface area contributed by atoms with Gasteiger partial charge in [0.25, 0.3) is 0 Å². The summed E-state index contributed by atoms with van der Waals surface area (Å²) < 4.78 is 0. The molecule has 0 aromatic carbocycles. The van der Waals surface area contributed by atoms with E-state index in [1.54, 1.807) is 0 Å². The minimum Gasteiger partial charge on any atom is -0.389 e. The van der Waals surface area contributed by atoms with Gasteiger partial charge in [-0.15, -0.1) is 0 Å². The summed E-state index contributed by atoms with van der Waals surface area (Å²) in [5, 5.41) is 9.07. The van der Waals surface area contributed by atoms with Crippen molar-refractivity contribution in [2.75, 3.05) is 6.61 Å². The molecule has 0 bridgehead atoms. The fourth-order valence-electron chi connectivity index (χ4n) is 0.583. The molecule has 1 atom stereocenters. The lowest BCUT2D eigenvalue weighted by Gasteiger charge is -2.18. The third kappa shape index (κ3) is 0.844. The van der Waals surface area contributed by atoms with Crippen LogP contribution in [-0.2, 0) is 4.84 Å². The van der Waals surface area contributed by atoms with Crippen molar-refractivity contribution in [3.63, 3.8) is 0 Å². The molecule has 0 amide bonds. The first-order valence-electron chi connectivity index (χ1n) is 2.70. The lowest BCUT2D eigenvalue weighted by Crippen LogP contribution is -2.41. The molecule has 0 spiro atoms. The van der Waals surface area contributed by atoms with Crippen LogP contribution in [0.5, 0.6) is 0 Å². The molecule has 1 heterocycles. The minimum absolute atomic E-state index is 0.264. The quantitative estimate of drug-likeness (QED) is 0.456. The van der Waals surface area contributed by atoms with E-state index in [9.17, 15) is 0 Å². The van der Waals surface area contributed by atoms with Crippen LogP contribution >= 0.6 is 0 Å². The number of rotatable bonds is 0. The van der Waals surface area contributed by atoms with E-state index in [0.29, 0.717) is 6.61 Å². The highest BCUT2D eigenvalue weighted by molar-refractivity contribution is 4.86. The molecule has 2 N–H and O–H groups in total. The van der Waals surface area contributed by atoms with Crippen LogP contribution in [0.2, 0.25) is 0 Å². The lowest BCUT2D eigenvalue weighted by atomic mass is 10.0. The van der Waals surface area contributed by atoms with Crippen molar-refractivity contribution in [2.45, 2.75) is 25.5 Å². The van der Waals surface area contributed by atoms with E-state index in [1.165, 1.54) is 0 Å². The van der Waals surface area contributed by atoms with Crippen LogP contribution in [0.4, 0.5) is 0 Å². The maximum Gasteiger partial charge on any atom is 0.0991 e. The monoisotopic (exact) mass is 117 g/mol. The van der Waals surface area contributed by atoms with Gasteiger partial charge in [-0.2, -0.15) is 5.48 Å².